The molecule has 1 aliphatic rings. The Kier molecular flexibility index (Phi) is 9.88. The highest BCUT2D eigenvalue weighted by Gasteiger charge is 2.32. The van der Waals surface area contributed by atoms with Crippen LogP contribution in [0.1, 0.15) is 25.0 Å². The van der Waals surface area contributed by atoms with Gasteiger partial charge >= 0.3 is 0 Å². The first-order valence-corrected chi connectivity index (χ1v) is 14.0. The molecule has 2 amide bonds. The highest BCUT2D eigenvalue weighted by molar-refractivity contribution is 7.89. The molecule has 1 fully saturated rings. The quantitative estimate of drug-likeness (QED) is 0.480. The summed E-state index contributed by atoms with van der Waals surface area (Å²) < 4.78 is 48.4. The first kappa shape index (κ1) is 28.8. The van der Waals surface area contributed by atoms with Gasteiger partial charge in [0, 0.05) is 42.3 Å². The molecule has 0 radical (unpaired) electrons. The summed E-state index contributed by atoms with van der Waals surface area (Å²) in [7, 11) is -3.68. The van der Waals surface area contributed by atoms with Crippen molar-refractivity contribution in [2.75, 3.05) is 32.6 Å². The van der Waals surface area contributed by atoms with Crippen LogP contribution >= 0.6 is 11.6 Å². The molecule has 1 saturated heterocycles. The molecule has 2 aromatic rings. The van der Waals surface area contributed by atoms with Crippen LogP contribution in [0.3, 0.4) is 0 Å². The van der Waals surface area contributed by atoms with E-state index in [-0.39, 0.29) is 37.0 Å². The lowest BCUT2D eigenvalue weighted by molar-refractivity contribution is -0.139. The van der Waals surface area contributed by atoms with E-state index in [4.69, 9.17) is 21.1 Å². The number of amides is 2. The molecule has 1 heterocycles. The van der Waals surface area contributed by atoms with Crippen molar-refractivity contribution in [3.63, 3.8) is 0 Å². The molecule has 0 aromatic heterocycles. The lowest BCUT2D eigenvalue weighted by Crippen LogP contribution is -2.58. The average molecular weight is 556 g/mol. The van der Waals surface area contributed by atoms with Gasteiger partial charge < -0.3 is 14.4 Å². The first-order valence-electron chi connectivity index (χ1n) is 11.7. The fourth-order valence-corrected chi connectivity index (χ4v) is 4.77. The summed E-state index contributed by atoms with van der Waals surface area (Å²) in [4.78, 5) is 28.7. The SMILES string of the molecule is C[C@@H]1CN(Cc2ccc(F)cc2)[C@@H](C)CN1C(=O)COc1ccc(Cl)cc1COCC(=O)NS(C)(=O)=O. The van der Waals surface area contributed by atoms with Gasteiger partial charge in [0.25, 0.3) is 11.8 Å². The number of carbonyl (C=O) groups is 2. The zero-order valence-electron chi connectivity index (χ0n) is 20.9. The topological polar surface area (TPSA) is 105 Å². The van der Waals surface area contributed by atoms with E-state index in [9.17, 15) is 22.4 Å². The Morgan fingerprint density at radius 2 is 1.78 bits per heavy atom. The number of piperazine rings is 1. The van der Waals surface area contributed by atoms with Crippen LogP contribution in [0, 0.1) is 5.82 Å². The van der Waals surface area contributed by atoms with Crippen LogP contribution in [0.5, 0.6) is 5.75 Å². The van der Waals surface area contributed by atoms with Gasteiger partial charge in [-0.15, -0.1) is 0 Å². The van der Waals surface area contributed by atoms with Crippen molar-refractivity contribution in [3.05, 3.63) is 64.4 Å². The third-order valence-electron chi connectivity index (χ3n) is 5.90. The second-order valence-electron chi connectivity index (χ2n) is 9.13. The molecule has 202 valence electrons. The number of rotatable bonds is 10. The lowest BCUT2D eigenvalue weighted by Gasteiger charge is -2.44. The van der Waals surface area contributed by atoms with Crippen LogP contribution in [-0.4, -0.2) is 74.7 Å². The van der Waals surface area contributed by atoms with Crippen LogP contribution in [0.25, 0.3) is 0 Å². The fraction of sp³-hybridized carbons (Fsp3) is 0.440. The molecule has 1 aliphatic heterocycles. The zero-order chi connectivity index (χ0) is 27.2. The maximum absolute atomic E-state index is 13.2. The van der Waals surface area contributed by atoms with Crippen LogP contribution in [0.2, 0.25) is 5.02 Å². The molecule has 0 spiro atoms. The smallest absolute Gasteiger partial charge is 0.260 e. The number of sulfonamides is 1. The predicted molar refractivity (Wildman–Crippen MR) is 137 cm³/mol. The van der Waals surface area contributed by atoms with Crippen LogP contribution < -0.4 is 9.46 Å². The standard InChI is InChI=1S/C25H31ClFN3O6S/c1-17-12-30(18(2)11-29(17)13-19-4-7-22(27)8-5-19)25(32)16-36-23-9-6-21(26)10-20(23)14-35-15-24(31)28-37(3,33)34/h4-10,17-18H,11-16H2,1-3H3,(H,28,31)/t17-,18+/m0/s1. The van der Waals surface area contributed by atoms with E-state index in [1.165, 1.54) is 12.1 Å². The van der Waals surface area contributed by atoms with E-state index in [2.05, 4.69) is 4.90 Å². The molecule has 1 N–H and O–H groups in total. The summed E-state index contributed by atoms with van der Waals surface area (Å²) in [5.74, 6) is -0.871. The Hall–Kier alpha value is -2.73. The van der Waals surface area contributed by atoms with Gasteiger partial charge in [0.1, 0.15) is 18.2 Å². The Morgan fingerprint density at radius 3 is 2.46 bits per heavy atom. The largest absolute Gasteiger partial charge is 0.483 e. The summed E-state index contributed by atoms with van der Waals surface area (Å²) >= 11 is 6.08. The van der Waals surface area contributed by atoms with E-state index >= 15 is 0 Å². The van der Waals surface area contributed by atoms with Crippen LogP contribution in [0.4, 0.5) is 4.39 Å². The Labute approximate surface area is 221 Å². The molecular weight excluding hydrogens is 525 g/mol. The number of benzene rings is 2. The van der Waals surface area contributed by atoms with Gasteiger partial charge in [-0.25, -0.2) is 12.8 Å². The highest BCUT2D eigenvalue weighted by atomic mass is 35.5. The average Bonchev–Trinajstić information content (AvgIpc) is 2.80. The highest BCUT2D eigenvalue weighted by Crippen LogP contribution is 2.25. The predicted octanol–water partition coefficient (Wildman–Crippen LogP) is 2.57. The van der Waals surface area contributed by atoms with Gasteiger partial charge in [-0.2, -0.15) is 0 Å². The van der Waals surface area contributed by atoms with Crippen molar-refractivity contribution in [1.82, 2.24) is 14.5 Å². The number of halogens is 2. The summed E-state index contributed by atoms with van der Waals surface area (Å²) in [5.41, 5.74) is 1.52. The van der Waals surface area contributed by atoms with Crippen molar-refractivity contribution in [2.24, 2.45) is 0 Å². The van der Waals surface area contributed by atoms with Crippen molar-refractivity contribution < 1.29 is 31.9 Å². The number of hydrogen-bond acceptors (Lipinski definition) is 7. The summed E-state index contributed by atoms with van der Waals surface area (Å²) in [5, 5.41) is 0.414. The second-order valence-corrected chi connectivity index (χ2v) is 11.3. The molecule has 9 nitrogen and oxygen atoms in total. The molecule has 37 heavy (non-hydrogen) atoms. The molecule has 3 rings (SSSR count). The summed E-state index contributed by atoms with van der Waals surface area (Å²) in [6.45, 7) is 5.14. The van der Waals surface area contributed by atoms with Gasteiger partial charge in [0.15, 0.2) is 6.61 Å². The minimum absolute atomic E-state index is 0.0471. The van der Waals surface area contributed by atoms with Crippen molar-refractivity contribution in [3.8, 4) is 5.75 Å². The molecule has 2 atom stereocenters. The summed E-state index contributed by atoms with van der Waals surface area (Å²) in [6.07, 6.45) is 0.873. The van der Waals surface area contributed by atoms with E-state index < -0.39 is 22.5 Å². The van der Waals surface area contributed by atoms with Gasteiger partial charge in [-0.05, 0) is 49.7 Å². The second kappa shape index (κ2) is 12.7. The molecule has 12 heteroatoms. The monoisotopic (exact) mass is 555 g/mol. The van der Waals surface area contributed by atoms with E-state index in [1.807, 2.05) is 18.6 Å². The van der Waals surface area contributed by atoms with Crippen molar-refractivity contribution in [1.29, 1.82) is 0 Å². The zero-order valence-corrected chi connectivity index (χ0v) is 22.5. The van der Waals surface area contributed by atoms with Gasteiger partial charge in [-0.3, -0.25) is 19.2 Å². The maximum Gasteiger partial charge on any atom is 0.260 e. The minimum atomic E-state index is -3.68. The normalized spacial score (nSPS) is 18.5. The van der Waals surface area contributed by atoms with Crippen molar-refractivity contribution in [2.45, 2.75) is 39.1 Å². The van der Waals surface area contributed by atoms with E-state index in [0.717, 1.165) is 11.8 Å². The number of nitrogens with one attached hydrogen (secondary N) is 1. The van der Waals surface area contributed by atoms with E-state index in [1.54, 1.807) is 35.2 Å². The number of ether oxygens (including phenoxy) is 2. The van der Waals surface area contributed by atoms with Gasteiger partial charge in [-0.1, -0.05) is 23.7 Å². The fourth-order valence-electron chi connectivity index (χ4n) is 4.10. The molecule has 2 aromatic carbocycles. The molecular formula is C25H31ClFN3O6S. The number of nitrogens with zero attached hydrogens (tertiary/aromatic N) is 2. The van der Waals surface area contributed by atoms with Crippen LogP contribution in [-0.2, 0) is 37.5 Å². The van der Waals surface area contributed by atoms with Crippen molar-refractivity contribution >= 4 is 33.4 Å². The molecule has 0 unspecified atom stereocenters. The maximum atomic E-state index is 13.2. The van der Waals surface area contributed by atoms with Gasteiger partial charge in [0.05, 0.1) is 12.9 Å². The number of carbonyl (C=O) groups excluding carboxylic acids is 2. The molecule has 0 aliphatic carbocycles. The Morgan fingerprint density at radius 1 is 1.08 bits per heavy atom. The van der Waals surface area contributed by atoms with Crippen LogP contribution in [0.15, 0.2) is 42.5 Å². The Balaban J connectivity index is 1.54. The molecule has 0 bridgehead atoms. The Bertz CT molecular complexity index is 1210. The number of hydrogen-bond donors (Lipinski definition) is 1. The third-order valence-corrected chi connectivity index (χ3v) is 6.73. The molecule has 0 saturated carbocycles. The lowest BCUT2D eigenvalue weighted by atomic mass is 10.1. The first-order chi connectivity index (χ1) is 17.4. The van der Waals surface area contributed by atoms with Gasteiger partial charge in [0.2, 0.25) is 10.0 Å². The minimum Gasteiger partial charge on any atom is -0.483 e. The third kappa shape index (κ3) is 8.96. The summed E-state index contributed by atoms with van der Waals surface area (Å²) in [6, 6.07) is 11.3. The van der Waals surface area contributed by atoms with E-state index in [0.29, 0.717) is 36.0 Å².